The Kier molecular flexibility index (Phi) is 6.66. The predicted molar refractivity (Wildman–Crippen MR) is 89.0 cm³/mol. The molecule has 4 nitrogen and oxygen atoms in total. The number of carbonyl (C=O) groups is 1. The third-order valence-electron chi connectivity index (χ3n) is 3.28. The summed E-state index contributed by atoms with van der Waals surface area (Å²) in [6.45, 7) is 12.0. The number of hydrogen-bond acceptors (Lipinski definition) is 3. The Hall–Kier alpha value is -1.58. The Morgan fingerprint density at radius 3 is 2.48 bits per heavy atom. The van der Waals surface area contributed by atoms with E-state index in [4.69, 9.17) is 0 Å². The van der Waals surface area contributed by atoms with Gasteiger partial charge in [0.25, 0.3) is 5.91 Å². The van der Waals surface area contributed by atoms with Crippen LogP contribution in [0.1, 0.15) is 69.9 Å². The summed E-state index contributed by atoms with van der Waals surface area (Å²) >= 11 is 0. The van der Waals surface area contributed by atoms with Crippen LogP contribution in [0.25, 0.3) is 0 Å². The molecule has 0 aromatic carbocycles. The molecule has 0 aliphatic carbocycles. The molecule has 1 amide bonds. The lowest BCUT2D eigenvalue weighted by Gasteiger charge is -2.20. The fourth-order valence-electron chi connectivity index (χ4n) is 2.00. The van der Waals surface area contributed by atoms with Crippen molar-refractivity contribution in [2.75, 3.05) is 18.4 Å². The van der Waals surface area contributed by atoms with Crippen molar-refractivity contribution >= 4 is 11.7 Å². The van der Waals surface area contributed by atoms with Crippen molar-refractivity contribution in [3.05, 3.63) is 23.4 Å². The quantitative estimate of drug-likeness (QED) is 0.753. The molecule has 0 unspecified atom stereocenters. The van der Waals surface area contributed by atoms with Crippen LogP contribution < -0.4 is 10.6 Å². The average Bonchev–Trinajstić information content (AvgIpc) is 2.42. The van der Waals surface area contributed by atoms with E-state index < -0.39 is 0 Å². The van der Waals surface area contributed by atoms with Gasteiger partial charge < -0.3 is 10.6 Å². The number of amides is 1. The smallest absolute Gasteiger partial charge is 0.251 e. The van der Waals surface area contributed by atoms with Gasteiger partial charge in [-0.15, -0.1) is 0 Å². The van der Waals surface area contributed by atoms with Gasteiger partial charge in [-0.2, -0.15) is 0 Å². The molecule has 0 fully saturated rings. The molecular formula is C17H29N3O. The summed E-state index contributed by atoms with van der Waals surface area (Å²) in [5.41, 5.74) is 1.53. The lowest BCUT2D eigenvalue weighted by molar-refractivity contribution is 0.0952. The van der Waals surface area contributed by atoms with E-state index in [2.05, 4.69) is 43.3 Å². The number of unbranched alkanes of at least 4 members (excludes halogenated alkanes) is 2. The molecule has 0 atom stereocenters. The van der Waals surface area contributed by atoms with Crippen LogP contribution in [0.3, 0.4) is 0 Å². The van der Waals surface area contributed by atoms with Crippen LogP contribution in [-0.2, 0) is 5.41 Å². The van der Waals surface area contributed by atoms with Gasteiger partial charge in [0, 0.05) is 29.8 Å². The number of pyridine rings is 1. The molecule has 4 heteroatoms. The number of rotatable bonds is 7. The summed E-state index contributed by atoms with van der Waals surface area (Å²) in [5.74, 6) is 0.752. The molecule has 0 saturated carbocycles. The summed E-state index contributed by atoms with van der Waals surface area (Å²) in [6.07, 6.45) is 3.33. The summed E-state index contributed by atoms with van der Waals surface area (Å²) in [6, 6.07) is 3.73. The number of anilines is 1. The van der Waals surface area contributed by atoms with Crippen molar-refractivity contribution in [3.63, 3.8) is 0 Å². The van der Waals surface area contributed by atoms with E-state index in [1.54, 1.807) is 0 Å². The third-order valence-corrected chi connectivity index (χ3v) is 3.28. The molecular weight excluding hydrogens is 262 g/mol. The average molecular weight is 291 g/mol. The lowest BCUT2D eigenvalue weighted by atomic mass is 9.90. The summed E-state index contributed by atoms with van der Waals surface area (Å²) in [5, 5.41) is 6.19. The Morgan fingerprint density at radius 1 is 1.19 bits per heavy atom. The van der Waals surface area contributed by atoms with Gasteiger partial charge in [-0.25, -0.2) is 4.98 Å². The highest BCUT2D eigenvalue weighted by atomic mass is 16.1. The highest BCUT2D eigenvalue weighted by molar-refractivity contribution is 5.95. The molecule has 0 aliphatic heterocycles. The molecule has 1 aromatic rings. The third kappa shape index (κ3) is 5.74. The van der Waals surface area contributed by atoms with Crippen molar-refractivity contribution in [2.24, 2.45) is 0 Å². The van der Waals surface area contributed by atoms with E-state index in [1.165, 1.54) is 0 Å². The predicted octanol–water partition coefficient (Wildman–Crippen LogP) is 3.73. The molecule has 0 radical (unpaired) electrons. The molecule has 118 valence electrons. The molecule has 0 aliphatic rings. The SMILES string of the molecule is CCCCCNC(=O)c1cc(NCC)nc(C(C)(C)C)c1. The summed E-state index contributed by atoms with van der Waals surface area (Å²) in [7, 11) is 0. The minimum absolute atomic E-state index is 0.0156. The number of aromatic nitrogens is 1. The fourth-order valence-corrected chi connectivity index (χ4v) is 2.00. The van der Waals surface area contributed by atoms with Gasteiger partial charge in [0.1, 0.15) is 5.82 Å². The van der Waals surface area contributed by atoms with Gasteiger partial charge in [-0.3, -0.25) is 4.79 Å². The Balaban J connectivity index is 2.89. The standard InChI is InChI=1S/C17H29N3O/c1-6-8-9-10-19-16(21)13-11-14(17(3,4)5)20-15(12-13)18-7-2/h11-12H,6-10H2,1-5H3,(H,18,20)(H,19,21). The van der Waals surface area contributed by atoms with Gasteiger partial charge in [0.2, 0.25) is 0 Å². The first-order valence-electron chi connectivity index (χ1n) is 7.93. The number of hydrogen-bond donors (Lipinski definition) is 2. The summed E-state index contributed by atoms with van der Waals surface area (Å²) in [4.78, 5) is 16.9. The first kappa shape index (κ1) is 17.5. The van der Waals surface area contributed by atoms with Gasteiger partial charge in [-0.05, 0) is 25.5 Å². The lowest BCUT2D eigenvalue weighted by Crippen LogP contribution is -2.26. The minimum Gasteiger partial charge on any atom is -0.370 e. The van der Waals surface area contributed by atoms with Crippen LogP contribution in [0.2, 0.25) is 0 Å². The van der Waals surface area contributed by atoms with Crippen molar-refractivity contribution in [3.8, 4) is 0 Å². The topological polar surface area (TPSA) is 54.0 Å². The molecule has 21 heavy (non-hydrogen) atoms. The maximum Gasteiger partial charge on any atom is 0.251 e. The molecule has 0 saturated heterocycles. The second-order valence-electron chi connectivity index (χ2n) is 6.37. The Labute approximate surface area is 128 Å². The minimum atomic E-state index is -0.0807. The molecule has 0 spiro atoms. The van der Waals surface area contributed by atoms with Crippen LogP contribution in [0.4, 0.5) is 5.82 Å². The van der Waals surface area contributed by atoms with Crippen LogP contribution in [-0.4, -0.2) is 24.0 Å². The molecule has 1 heterocycles. The van der Waals surface area contributed by atoms with Crippen LogP contribution in [0.15, 0.2) is 12.1 Å². The van der Waals surface area contributed by atoms with Crippen LogP contribution in [0.5, 0.6) is 0 Å². The van der Waals surface area contributed by atoms with Crippen molar-refractivity contribution < 1.29 is 4.79 Å². The van der Waals surface area contributed by atoms with E-state index >= 15 is 0 Å². The zero-order valence-corrected chi connectivity index (χ0v) is 14.0. The second-order valence-corrected chi connectivity index (χ2v) is 6.37. The maximum atomic E-state index is 12.3. The Bertz CT molecular complexity index is 464. The molecule has 2 N–H and O–H groups in total. The molecule has 1 aromatic heterocycles. The van der Waals surface area contributed by atoms with Crippen molar-refractivity contribution in [1.82, 2.24) is 10.3 Å². The Morgan fingerprint density at radius 2 is 1.90 bits per heavy atom. The zero-order chi connectivity index (χ0) is 15.9. The second kappa shape index (κ2) is 8.01. The molecule has 0 bridgehead atoms. The van der Waals surface area contributed by atoms with Crippen molar-refractivity contribution in [1.29, 1.82) is 0 Å². The van der Waals surface area contributed by atoms with E-state index in [0.717, 1.165) is 43.9 Å². The first-order chi connectivity index (χ1) is 9.88. The number of carbonyl (C=O) groups excluding carboxylic acids is 1. The van der Waals surface area contributed by atoms with Gasteiger partial charge >= 0.3 is 0 Å². The van der Waals surface area contributed by atoms with Gasteiger partial charge in [0.15, 0.2) is 0 Å². The molecule has 1 rings (SSSR count). The van der Waals surface area contributed by atoms with E-state index in [9.17, 15) is 4.79 Å². The van der Waals surface area contributed by atoms with Gasteiger partial charge in [-0.1, -0.05) is 40.5 Å². The van der Waals surface area contributed by atoms with E-state index in [0.29, 0.717) is 5.56 Å². The fraction of sp³-hybridized carbons (Fsp3) is 0.647. The highest BCUT2D eigenvalue weighted by Gasteiger charge is 2.19. The van der Waals surface area contributed by atoms with Gasteiger partial charge in [0.05, 0.1) is 0 Å². The highest BCUT2D eigenvalue weighted by Crippen LogP contribution is 2.23. The largest absolute Gasteiger partial charge is 0.370 e. The first-order valence-corrected chi connectivity index (χ1v) is 7.93. The zero-order valence-electron chi connectivity index (χ0n) is 14.0. The number of nitrogens with zero attached hydrogens (tertiary/aromatic N) is 1. The summed E-state index contributed by atoms with van der Waals surface area (Å²) < 4.78 is 0. The van der Waals surface area contributed by atoms with E-state index in [-0.39, 0.29) is 11.3 Å². The maximum absolute atomic E-state index is 12.3. The number of nitrogens with one attached hydrogen (secondary N) is 2. The van der Waals surface area contributed by atoms with Crippen LogP contribution >= 0.6 is 0 Å². The van der Waals surface area contributed by atoms with Crippen LogP contribution in [0, 0.1) is 0 Å². The van der Waals surface area contributed by atoms with Crippen molar-refractivity contribution in [2.45, 2.75) is 59.3 Å². The monoisotopic (exact) mass is 291 g/mol. The van der Waals surface area contributed by atoms with E-state index in [1.807, 2.05) is 19.1 Å². The normalized spacial score (nSPS) is 11.3.